The summed E-state index contributed by atoms with van der Waals surface area (Å²) in [7, 11) is 1.85. The van der Waals surface area contributed by atoms with Crippen LogP contribution in [-0.2, 0) is 6.54 Å². The van der Waals surface area contributed by atoms with Gasteiger partial charge in [0.05, 0.1) is 0 Å². The molecule has 2 heterocycles. The molecule has 13 heavy (non-hydrogen) atoms. The van der Waals surface area contributed by atoms with Crippen molar-refractivity contribution in [3.05, 3.63) is 22.2 Å². The van der Waals surface area contributed by atoms with Crippen molar-refractivity contribution in [1.29, 1.82) is 0 Å². The van der Waals surface area contributed by atoms with E-state index >= 15 is 0 Å². The Bertz CT molecular complexity index is 410. The largest absolute Gasteiger partial charge is 0.358 e. The van der Waals surface area contributed by atoms with Gasteiger partial charge in [-0.3, -0.25) is 9.59 Å². The minimum absolute atomic E-state index is 0.155. The van der Waals surface area contributed by atoms with E-state index in [1.165, 1.54) is 6.33 Å². The minimum Gasteiger partial charge on any atom is -0.358 e. The summed E-state index contributed by atoms with van der Waals surface area (Å²) in [5.74, 6) is 0.676. The van der Waals surface area contributed by atoms with Gasteiger partial charge in [0.1, 0.15) is 17.7 Å². The molecule has 68 valence electrons. The topological polar surface area (TPSA) is 55.2 Å². The van der Waals surface area contributed by atoms with Crippen molar-refractivity contribution in [3.8, 4) is 0 Å². The molecule has 2 rings (SSSR count). The van der Waals surface area contributed by atoms with Gasteiger partial charge in [-0.15, -0.1) is 0 Å². The van der Waals surface area contributed by atoms with Crippen LogP contribution in [0.2, 0.25) is 0 Å². The molecule has 1 aromatic heterocycles. The van der Waals surface area contributed by atoms with Gasteiger partial charge in [-0.25, -0.2) is 0 Å². The summed E-state index contributed by atoms with van der Waals surface area (Å²) in [5, 5.41) is 0. The molecule has 0 aliphatic carbocycles. The molecule has 0 saturated carbocycles. The fraction of sp³-hybridized carbons (Fsp3) is 0.375. The number of hydrogen-bond acceptors (Lipinski definition) is 4. The molecule has 0 radical (unpaired) electrons. The van der Waals surface area contributed by atoms with E-state index in [-0.39, 0.29) is 5.56 Å². The predicted molar refractivity (Wildman–Crippen MR) is 47.2 cm³/mol. The van der Waals surface area contributed by atoms with Crippen LogP contribution in [0.4, 0.5) is 5.82 Å². The van der Waals surface area contributed by atoms with Gasteiger partial charge in [-0.1, -0.05) is 0 Å². The SMILES string of the molecule is CN1CCn2cnc(=O)c(C=O)c21. The number of aldehydes is 1. The molecule has 1 aromatic rings. The number of likely N-dealkylation sites (N-methyl/N-ethyl adjacent to an activating group) is 1. The number of anilines is 1. The highest BCUT2D eigenvalue weighted by Crippen LogP contribution is 2.19. The summed E-state index contributed by atoms with van der Waals surface area (Å²) in [6.45, 7) is 1.59. The number of aromatic nitrogens is 2. The van der Waals surface area contributed by atoms with Gasteiger partial charge in [-0.2, -0.15) is 4.98 Å². The van der Waals surface area contributed by atoms with Gasteiger partial charge in [0.25, 0.3) is 5.56 Å². The Morgan fingerprint density at radius 3 is 3.00 bits per heavy atom. The van der Waals surface area contributed by atoms with Gasteiger partial charge < -0.3 is 9.47 Å². The van der Waals surface area contributed by atoms with E-state index in [4.69, 9.17) is 0 Å². The molecule has 5 nitrogen and oxygen atoms in total. The van der Waals surface area contributed by atoms with Gasteiger partial charge in [0, 0.05) is 20.1 Å². The monoisotopic (exact) mass is 179 g/mol. The second kappa shape index (κ2) is 2.69. The van der Waals surface area contributed by atoms with E-state index in [1.54, 1.807) is 0 Å². The molecule has 0 bridgehead atoms. The third-order valence-corrected chi connectivity index (χ3v) is 2.21. The maximum atomic E-state index is 11.2. The van der Waals surface area contributed by atoms with Gasteiger partial charge >= 0.3 is 0 Å². The average molecular weight is 179 g/mol. The van der Waals surface area contributed by atoms with E-state index in [0.717, 1.165) is 13.1 Å². The minimum atomic E-state index is -0.449. The quantitative estimate of drug-likeness (QED) is 0.546. The Kier molecular flexibility index (Phi) is 1.65. The second-order valence-electron chi connectivity index (χ2n) is 3.02. The van der Waals surface area contributed by atoms with Crippen molar-refractivity contribution < 1.29 is 4.79 Å². The Labute approximate surface area is 74.6 Å². The van der Waals surface area contributed by atoms with Crippen molar-refractivity contribution in [1.82, 2.24) is 9.55 Å². The van der Waals surface area contributed by atoms with Crippen LogP contribution in [0.3, 0.4) is 0 Å². The van der Waals surface area contributed by atoms with Gasteiger partial charge in [0.15, 0.2) is 6.29 Å². The molecule has 0 N–H and O–H groups in total. The lowest BCUT2D eigenvalue weighted by Gasteiger charge is -2.11. The summed E-state index contributed by atoms with van der Waals surface area (Å²) in [4.78, 5) is 27.3. The van der Waals surface area contributed by atoms with Crippen LogP contribution in [0.25, 0.3) is 0 Å². The highest BCUT2D eigenvalue weighted by atomic mass is 16.1. The van der Waals surface area contributed by atoms with E-state index in [1.807, 2.05) is 16.5 Å². The number of nitrogens with zero attached hydrogens (tertiary/aromatic N) is 3. The molecule has 0 amide bonds. The lowest BCUT2D eigenvalue weighted by Crippen LogP contribution is -2.21. The number of carbonyl (C=O) groups is 1. The molecule has 0 spiro atoms. The molecular weight excluding hydrogens is 170 g/mol. The zero-order chi connectivity index (χ0) is 9.42. The summed E-state index contributed by atoms with van der Waals surface area (Å²) >= 11 is 0. The summed E-state index contributed by atoms with van der Waals surface area (Å²) < 4.78 is 1.81. The van der Waals surface area contributed by atoms with Crippen LogP contribution in [0.1, 0.15) is 10.4 Å². The number of rotatable bonds is 1. The zero-order valence-corrected chi connectivity index (χ0v) is 7.23. The lowest BCUT2D eigenvalue weighted by molar-refractivity contribution is 0.112. The molecule has 0 unspecified atom stereocenters. The summed E-state index contributed by atoms with van der Waals surface area (Å²) in [6, 6.07) is 0. The Hall–Kier alpha value is -1.65. The Balaban J connectivity index is 2.74. The summed E-state index contributed by atoms with van der Waals surface area (Å²) in [5.41, 5.74) is -0.294. The van der Waals surface area contributed by atoms with Crippen LogP contribution < -0.4 is 10.5 Å². The maximum Gasteiger partial charge on any atom is 0.285 e. The highest BCUT2D eigenvalue weighted by molar-refractivity contribution is 5.82. The molecule has 0 fully saturated rings. The first-order valence-electron chi connectivity index (χ1n) is 4.00. The first kappa shape index (κ1) is 7.97. The van der Waals surface area contributed by atoms with Crippen LogP contribution in [0.15, 0.2) is 11.1 Å². The van der Waals surface area contributed by atoms with Gasteiger partial charge in [-0.05, 0) is 0 Å². The first-order valence-corrected chi connectivity index (χ1v) is 4.00. The normalized spacial score (nSPS) is 14.4. The molecule has 0 saturated heterocycles. The second-order valence-corrected chi connectivity index (χ2v) is 3.02. The average Bonchev–Trinajstić information content (AvgIpc) is 2.49. The zero-order valence-electron chi connectivity index (χ0n) is 7.23. The van der Waals surface area contributed by atoms with Crippen molar-refractivity contribution in [2.24, 2.45) is 0 Å². The molecular formula is C8H9N3O2. The van der Waals surface area contributed by atoms with Crippen molar-refractivity contribution >= 4 is 12.1 Å². The third kappa shape index (κ3) is 1.04. The van der Waals surface area contributed by atoms with Crippen LogP contribution >= 0.6 is 0 Å². The smallest absolute Gasteiger partial charge is 0.285 e. The van der Waals surface area contributed by atoms with E-state index < -0.39 is 5.56 Å². The van der Waals surface area contributed by atoms with Crippen LogP contribution in [-0.4, -0.2) is 29.4 Å². The number of fused-ring (bicyclic) bond motifs is 1. The molecule has 1 aliphatic heterocycles. The van der Waals surface area contributed by atoms with Crippen molar-refractivity contribution in [3.63, 3.8) is 0 Å². The molecule has 5 heteroatoms. The van der Waals surface area contributed by atoms with Crippen molar-refractivity contribution in [2.45, 2.75) is 6.54 Å². The van der Waals surface area contributed by atoms with Crippen LogP contribution in [0, 0.1) is 0 Å². The molecule has 0 aromatic carbocycles. The highest BCUT2D eigenvalue weighted by Gasteiger charge is 2.20. The fourth-order valence-corrected chi connectivity index (χ4v) is 1.55. The Morgan fingerprint density at radius 1 is 1.54 bits per heavy atom. The first-order chi connectivity index (χ1) is 6.24. The maximum absolute atomic E-state index is 11.2. The third-order valence-electron chi connectivity index (χ3n) is 2.21. The van der Waals surface area contributed by atoms with E-state index in [2.05, 4.69) is 4.98 Å². The van der Waals surface area contributed by atoms with E-state index in [9.17, 15) is 9.59 Å². The van der Waals surface area contributed by atoms with Gasteiger partial charge in [0.2, 0.25) is 0 Å². The number of hydrogen-bond donors (Lipinski definition) is 0. The molecule has 1 aliphatic rings. The van der Waals surface area contributed by atoms with Crippen molar-refractivity contribution in [2.75, 3.05) is 18.5 Å². The van der Waals surface area contributed by atoms with E-state index in [0.29, 0.717) is 12.1 Å². The summed E-state index contributed by atoms with van der Waals surface area (Å²) in [6.07, 6.45) is 2.05. The predicted octanol–water partition coefficient (Wildman–Crippen LogP) is -0.494. The lowest BCUT2D eigenvalue weighted by atomic mass is 10.3. The molecule has 0 atom stereocenters. The van der Waals surface area contributed by atoms with Crippen LogP contribution in [0.5, 0.6) is 0 Å². The Morgan fingerprint density at radius 2 is 2.31 bits per heavy atom. The number of carbonyl (C=O) groups excluding carboxylic acids is 1. The standard InChI is InChI=1S/C8H9N3O2/c1-10-2-3-11-5-9-7(13)6(4-12)8(10)11/h4-5H,2-3H2,1H3. The fourth-order valence-electron chi connectivity index (χ4n) is 1.55.